The number of piperidine rings is 1. The zero-order chi connectivity index (χ0) is 14.4. The third kappa shape index (κ3) is 4.20. The molecule has 1 fully saturated rings. The van der Waals surface area contributed by atoms with Crippen LogP contribution in [0.1, 0.15) is 43.7 Å². The van der Waals surface area contributed by atoms with Gasteiger partial charge in [0.2, 0.25) is 0 Å². The van der Waals surface area contributed by atoms with Gasteiger partial charge in [0.05, 0.1) is 0 Å². The van der Waals surface area contributed by atoms with E-state index in [0.717, 1.165) is 18.2 Å². The first kappa shape index (κ1) is 14.8. The van der Waals surface area contributed by atoms with Crippen LogP contribution in [-0.4, -0.2) is 28.6 Å². The molecule has 2 rings (SSSR count). The molecule has 0 saturated carbocycles. The highest BCUT2D eigenvalue weighted by atomic mass is 16.4. The Morgan fingerprint density at radius 3 is 2.75 bits per heavy atom. The van der Waals surface area contributed by atoms with E-state index in [0.29, 0.717) is 0 Å². The van der Waals surface area contributed by atoms with E-state index in [9.17, 15) is 4.79 Å². The van der Waals surface area contributed by atoms with Gasteiger partial charge in [-0.2, -0.15) is 0 Å². The fourth-order valence-electron chi connectivity index (χ4n) is 2.87. The Morgan fingerprint density at radius 1 is 1.35 bits per heavy atom. The normalized spacial score (nSPS) is 20.4. The van der Waals surface area contributed by atoms with Gasteiger partial charge in [-0.05, 0) is 43.0 Å². The molecule has 3 heteroatoms. The van der Waals surface area contributed by atoms with Crippen molar-refractivity contribution in [3.05, 3.63) is 41.5 Å². The second-order valence-electron chi connectivity index (χ2n) is 5.44. The van der Waals surface area contributed by atoms with Crippen molar-refractivity contribution in [2.45, 2.75) is 45.2 Å². The van der Waals surface area contributed by atoms with Crippen LogP contribution in [0.15, 0.2) is 30.3 Å². The molecule has 1 aromatic carbocycles. The van der Waals surface area contributed by atoms with Crippen LogP contribution in [0.3, 0.4) is 0 Å². The number of nitrogens with zero attached hydrogens (tertiary/aromatic N) is 1. The largest absolute Gasteiger partial charge is 0.478 e. The average molecular weight is 273 g/mol. The molecule has 1 atom stereocenters. The topological polar surface area (TPSA) is 40.5 Å². The molecule has 0 amide bonds. The third-order valence-corrected chi connectivity index (χ3v) is 4.00. The molecule has 0 aromatic heterocycles. The van der Waals surface area contributed by atoms with Crippen LogP contribution < -0.4 is 0 Å². The molecule has 1 unspecified atom stereocenters. The number of benzene rings is 1. The number of carbonyl (C=O) groups is 1. The van der Waals surface area contributed by atoms with Gasteiger partial charge in [0.15, 0.2) is 0 Å². The predicted octanol–water partition coefficient (Wildman–Crippen LogP) is 3.55. The minimum Gasteiger partial charge on any atom is -0.478 e. The molecule has 1 aromatic rings. The molecule has 0 aliphatic carbocycles. The highest BCUT2D eigenvalue weighted by Gasteiger charge is 2.20. The molecule has 1 aliphatic rings. The Labute approximate surface area is 120 Å². The number of hydrogen-bond acceptors (Lipinski definition) is 2. The maximum Gasteiger partial charge on any atom is 0.328 e. The summed E-state index contributed by atoms with van der Waals surface area (Å²) in [5, 5.41) is 8.61. The minimum absolute atomic E-state index is 0.718. The van der Waals surface area contributed by atoms with E-state index >= 15 is 0 Å². The van der Waals surface area contributed by atoms with Crippen molar-refractivity contribution in [2.24, 2.45) is 0 Å². The second-order valence-corrected chi connectivity index (χ2v) is 5.44. The van der Waals surface area contributed by atoms with Gasteiger partial charge < -0.3 is 5.11 Å². The van der Waals surface area contributed by atoms with E-state index in [4.69, 9.17) is 5.11 Å². The summed E-state index contributed by atoms with van der Waals surface area (Å²) in [6.45, 7) is 4.46. The van der Waals surface area contributed by atoms with E-state index in [-0.39, 0.29) is 0 Å². The van der Waals surface area contributed by atoms with Crippen molar-refractivity contribution in [3.63, 3.8) is 0 Å². The quantitative estimate of drug-likeness (QED) is 0.834. The van der Waals surface area contributed by atoms with E-state index in [2.05, 4.69) is 24.0 Å². The lowest BCUT2D eigenvalue weighted by molar-refractivity contribution is -0.131. The Morgan fingerprint density at radius 2 is 2.10 bits per heavy atom. The van der Waals surface area contributed by atoms with Crippen molar-refractivity contribution < 1.29 is 9.90 Å². The maximum absolute atomic E-state index is 10.5. The van der Waals surface area contributed by atoms with E-state index in [1.54, 1.807) is 6.08 Å². The first-order chi connectivity index (χ1) is 9.69. The lowest BCUT2D eigenvalue weighted by Crippen LogP contribution is -2.38. The Kier molecular flexibility index (Phi) is 5.36. The van der Waals surface area contributed by atoms with Crippen LogP contribution in [0, 0.1) is 0 Å². The van der Waals surface area contributed by atoms with Crippen LogP contribution in [0.5, 0.6) is 0 Å². The van der Waals surface area contributed by atoms with Gasteiger partial charge in [0.1, 0.15) is 0 Å². The van der Waals surface area contributed by atoms with Gasteiger partial charge in [-0.1, -0.05) is 37.6 Å². The van der Waals surface area contributed by atoms with E-state index in [1.165, 1.54) is 43.9 Å². The number of carboxylic acid groups (broad SMARTS) is 1. The van der Waals surface area contributed by atoms with E-state index in [1.807, 2.05) is 12.1 Å². The molecule has 0 bridgehead atoms. The first-order valence-corrected chi connectivity index (χ1v) is 7.43. The smallest absolute Gasteiger partial charge is 0.328 e. The SMILES string of the molecule is CCC1CCCCN1Cc1ccc(C=CC(=O)O)cc1. The van der Waals surface area contributed by atoms with Crippen molar-refractivity contribution in [1.82, 2.24) is 4.90 Å². The lowest BCUT2D eigenvalue weighted by atomic mass is 9.99. The molecule has 0 spiro atoms. The van der Waals surface area contributed by atoms with Crippen molar-refractivity contribution in [3.8, 4) is 0 Å². The molecular formula is C17H23NO2. The summed E-state index contributed by atoms with van der Waals surface area (Å²) in [6.07, 6.45) is 7.99. The Bertz CT molecular complexity index is 464. The van der Waals surface area contributed by atoms with Crippen LogP contribution in [0.2, 0.25) is 0 Å². The summed E-state index contributed by atoms with van der Waals surface area (Å²) in [5.74, 6) is -0.909. The molecule has 3 nitrogen and oxygen atoms in total. The molecule has 1 heterocycles. The number of hydrogen-bond donors (Lipinski definition) is 1. The van der Waals surface area contributed by atoms with Gasteiger partial charge in [-0.3, -0.25) is 4.90 Å². The minimum atomic E-state index is -0.909. The number of aliphatic carboxylic acids is 1. The molecule has 20 heavy (non-hydrogen) atoms. The van der Waals surface area contributed by atoms with E-state index < -0.39 is 5.97 Å². The Hall–Kier alpha value is -1.61. The fraction of sp³-hybridized carbons (Fsp3) is 0.471. The van der Waals surface area contributed by atoms with Crippen LogP contribution in [0.25, 0.3) is 6.08 Å². The highest BCUT2D eigenvalue weighted by Crippen LogP contribution is 2.21. The standard InChI is InChI=1S/C17H23NO2/c1-2-16-5-3-4-12-18(16)13-15-8-6-14(7-9-15)10-11-17(19)20/h6-11,16H,2-5,12-13H2,1H3,(H,19,20). The third-order valence-electron chi connectivity index (χ3n) is 4.00. The molecular weight excluding hydrogens is 250 g/mol. The summed E-state index contributed by atoms with van der Waals surface area (Å²) >= 11 is 0. The monoisotopic (exact) mass is 273 g/mol. The number of carboxylic acids is 1. The van der Waals surface area contributed by atoms with Crippen molar-refractivity contribution in [1.29, 1.82) is 0 Å². The second kappa shape index (κ2) is 7.25. The molecule has 1 aliphatic heterocycles. The average Bonchev–Trinajstić information content (AvgIpc) is 2.47. The predicted molar refractivity (Wildman–Crippen MR) is 81.5 cm³/mol. The number of likely N-dealkylation sites (tertiary alicyclic amines) is 1. The van der Waals surface area contributed by atoms with Gasteiger partial charge in [-0.15, -0.1) is 0 Å². The first-order valence-electron chi connectivity index (χ1n) is 7.43. The van der Waals surface area contributed by atoms with Gasteiger partial charge in [0.25, 0.3) is 0 Å². The summed E-state index contributed by atoms with van der Waals surface area (Å²) in [4.78, 5) is 13.1. The van der Waals surface area contributed by atoms with Crippen LogP contribution in [-0.2, 0) is 11.3 Å². The summed E-state index contributed by atoms with van der Waals surface area (Å²) in [7, 11) is 0. The molecule has 0 radical (unpaired) electrons. The van der Waals surface area contributed by atoms with Crippen LogP contribution in [0.4, 0.5) is 0 Å². The lowest BCUT2D eigenvalue weighted by Gasteiger charge is -2.35. The highest BCUT2D eigenvalue weighted by molar-refractivity contribution is 5.85. The van der Waals surface area contributed by atoms with Gasteiger partial charge >= 0.3 is 5.97 Å². The Balaban J connectivity index is 1.97. The zero-order valence-corrected chi connectivity index (χ0v) is 12.1. The van der Waals surface area contributed by atoms with Crippen molar-refractivity contribution in [2.75, 3.05) is 6.54 Å². The zero-order valence-electron chi connectivity index (χ0n) is 12.1. The van der Waals surface area contributed by atoms with Gasteiger partial charge in [-0.25, -0.2) is 4.79 Å². The maximum atomic E-state index is 10.5. The van der Waals surface area contributed by atoms with Gasteiger partial charge in [0, 0.05) is 18.7 Å². The summed E-state index contributed by atoms with van der Waals surface area (Å²) in [6, 6.07) is 8.89. The summed E-state index contributed by atoms with van der Waals surface area (Å²) < 4.78 is 0. The summed E-state index contributed by atoms with van der Waals surface area (Å²) in [5.41, 5.74) is 2.24. The molecule has 108 valence electrons. The molecule has 1 N–H and O–H groups in total. The number of rotatable bonds is 5. The fourth-order valence-corrected chi connectivity index (χ4v) is 2.87. The van der Waals surface area contributed by atoms with Crippen molar-refractivity contribution >= 4 is 12.0 Å². The molecule has 1 saturated heterocycles. The van der Waals surface area contributed by atoms with Crippen LogP contribution >= 0.6 is 0 Å².